The highest BCUT2D eigenvalue weighted by Crippen LogP contribution is 2.30. The van der Waals surface area contributed by atoms with Gasteiger partial charge in [0.15, 0.2) is 6.61 Å². The Bertz CT molecular complexity index is 973. The first-order chi connectivity index (χ1) is 13.6. The fourth-order valence-corrected chi connectivity index (χ4v) is 2.85. The minimum Gasteiger partial charge on any atom is -0.482 e. The van der Waals surface area contributed by atoms with Crippen LogP contribution in [0, 0.1) is 0 Å². The van der Waals surface area contributed by atoms with Crippen molar-refractivity contribution < 1.29 is 14.3 Å². The Morgan fingerprint density at radius 2 is 1.64 bits per heavy atom. The zero-order valence-electron chi connectivity index (χ0n) is 15.2. The van der Waals surface area contributed by atoms with Gasteiger partial charge in [-0.05, 0) is 47.5 Å². The third-order valence-electron chi connectivity index (χ3n) is 4.06. The molecule has 0 aliphatic rings. The number of carbonyl (C=O) groups is 2. The van der Waals surface area contributed by atoms with Crippen LogP contribution in [-0.4, -0.2) is 25.5 Å². The molecule has 0 aromatic heterocycles. The van der Waals surface area contributed by atoms with Crippen LogP contribution in [0.25, 0.3) is 11.1 Å². The summed E-state index contributed by atoms with van der Waals surface area (Å²) in [6, 6.07) is 21.9. The number of ether oxygens (including phenoxy) is 1. The molecule has 0 radical (unpaired) electrons. The summed E-state index contributed by atoms with van der Waals surface area (Å²) in [6.07, 6.45) is 0. The van der Waals surface area contributed by atoms with Crippen molar-refractivity contribution in [2.75, 3.05) is 19.0 Å². The number of nitrogens with one attached hydrogen (secondary N) is 2. The Balaban J connectivity index is 1.58. The van der Waals surface area contributed by atoms with Crippen molar-refractivity contribution in [3.63, 3.8) is 0 Å². The van der Waals surface area contributed by atoms with E-state index in [1.807, 2.05) is 42.5 Å². The highest BCUT2D eigenvalue weighted by molar-refractivity contribution is 6.32. The predicted octanol–water partition coefficient (Wildman–Crippen LogP) is 4.38. The normalized spacial score (nSPS) is 10.2. The molecule has 3 aromatic carbocycles. The molecule has 0 saturated heterocycles. The smallest absolute Gasteiger partial charge is 0.262 e. The molecule has 3 aromatic rings. The summed E-state index contributed by atoms with van der Waals surface area (Å²) in [7, 11) is 1.56. The molecule has 0 unspecified atom stereocenters. The van der Waals surface area contributed by atoms with Crippen molar-refractivity contribution in [3.8, 4) is 16.9 Å². The van der Waals surface area contributed by atoms with E-state index in [0.29, 0.717) is 22.0 Å². The van der Waals surface area contributed by atoms with Crippen LogP contribution in [0.1, 0.15) is 10.4 Å². The number of anilines is 1. The molecule has 0 bridgehead atoms. The lowest BCUT2D eigenvalue weighted by Gasteiger charge is -2.10. The van der Waals surface area contributed by atoms with Gasteiger partial charge >= 0.3 is 0 Å². The molecule has 2 N–H and O–H groups in total. The second-order valence-electron chi connectivity index (χ2n) is 6.00. The SMILES string of the molecule is CNC(=O)c1ccc(NC(=O)COc2ccc(-c3ccccc3)cc2Cl)cc1. The van der Waals surface area contributed by atoms with E-state index in [9.17, 15) is 9.59 Å². The van der Waals surface area contributed by atoms with Gasteiger partial charge in [0.05, 0.1) is 5.02 Å². The molecule has 142 valence electrons. The van der Waals surface area contributed by atoms with Gasteiger partial charge in [0.1, 0.15) is 5.75 Å². The summed E-state index contributed by atoms with van der Waals surface area (Å²) in [4.78, 5) is 23.6. The van der Waals surface area contributed by atoms with E-state index in [4.69, 9.17) is 16.3 Å². The van der Waals surface area contributed by atoms with Gasteiger partial charge in [-0.15, -0.1) is 0 Å². The predicted molar refractivity (Wildman–Crippen MR) is 111 cm³/mol. The van der Waals surface area contributed by atoms with Gasteiger partial charge in [0.2, 0.25) is 0 Å². The minimum absolute atomic E-state index is 0.179. The Labute approximate surface area is 168 Å². The first-order valence-electron chi connectivity index (χ1n) is 8.66. The van der Waals surface area contributed by atoms with Gasteiger partial charge in [-0.25, -0.2) is 0 Å². The fourth-order valence-electron chi connectivity index (χ4n) is 2.62. The van der Waals surface area contributed by atoms with Crippen molar-refractivity contribution in [2.45, 2.75) is 0 Å². The summed E-state index contributed by atoms with van der Waals surface area (Å²) in [5.74, 6) is -0.0721. The fraction of sp³-hybridized carbons (Fsp3) is 0.0909. The maximum absolute atomic E-state index is 12.1. The van der Waals surface area contributed by atoms with Gasteiger partial charge in [-0.3, -0.25) is 9.59 Å². The van der Waals surface area contributed by atoms with Gasteiger partial charge in [-0.2, -0.15) is 0 Å². The van der Waals surface area contributed by atoms with Crippen LogP contribution < -0.4 is 15.4 Å². The topological polar surface area (TPSA) is 67.4 Å². The third-order valence-corrected chi connectivity index (χ3v) is 4.35. The monoisotopic (exact) mass is 394 g/mol. The molecule has 0 fully saturated rings. The Kier molecular flexibility index (Phi) is 6.29. The number of halogens is 1. The maximum atomic E-state index is 12.1. The summed E-state index contributed by atoms with van der Waals surface area (Å²) >= 11 is 6.29. The molecule has 3 rings (SSSR count). The molecule has 28 heavy (non-hydrogen) atoms. The maximum Gasteiger partial charge on any atom is 0.262 e. The third kappa shape index (κ3) is 4.90. The Hall–Kier alpha value is -3.31. The van der Waals surface area contributed by atoms with E-state index < -0.39 is 0 Å². The number of benzene rings is 3. The van der Waals surface area contributed by atoms with Crippen molar-refractivity contribution in [1.29, 1.82) is 0 Å². The van der Waals surface area contributed by atoms with Crippen LogP contribution in [0.15, 0.2) is 72.8 Å². The summed E-state index contributed by atoms with van der Waals surface area (Å²) < 4.78 is 5.53. The van der Waals surface area contributed by atoms with Crippen LogP contribution in [-0.2, 0) is 4.79 Å². The van der Waals surface area contributed by atoms with Gasteiger partial charge < -0.3 is 15.4 Å². The molecular formula is C22H19ClN2O3. The molecule has 5 nitrogen and oxygen atoms in total. The summed E-state index contributed by atoms with van der Waals surface area (Å²) in [5.41, 5.74) is 3.11. The standard InChI is InChI=1S/C22H19ClN2O3/c1-24-22(27)16-7-10-18(11-8-16)25-21(26)14-28-20-12-9-17(13-19(20)23)15-5-3-2-4-6-15/h2-13H,14H2,1H3,(H,24,27)(H,25,26). The molecule has 2 amide bonds. The Morgan fingerprint density at radius 1 is 0.929 bits per heavy atom. The number of carbonyl (C=O) groups excluding carboxylic acids is 2. The van der Waals surface area contributed by atoms with E-state index >= 15 is 0 Å². The zero-order valence-corrected chi connectivity index (χ0v) is 16.0. The van der Waals surface area contributed by atoms with Gasteiger partial charge in [0.25, 0.3) is 11.8 Å². The average Bonchev–Trinajstić information content (AvgIpc) is 2.73. The lowest BCUT2D eigenvalue weighted by Crippen LogP contribution is -2.20. The minimum atomic E-state index is -0.323. The van der Waals surface area contributed by atoms with Crippen molar-refractivity contribution in [2.24, 2.45) is 0 Å². The molecular weight excluding hydrogens is 376 g/mol. The highest BCUT2D eigenvalue weighted by Gasteiger charge is 2.09. The lowest BCUT2D eigenvalue weighted by molar-refractivity contribution is -0.118. The van der Waals surface area contributed by atoms with Gasteiger partial charge in [0, 0.05) is 18.3 Å². The number of hydrogen-bond acceptors (Lipinski definition) is 3. The first-order valence-corrected chi connectivity index (χ1v) is 9.04. The van der Waals surface area contributed by atoms with Crippen molar-refractivity contribution >= 4 is 29.1 Å². The first kappa shape index (κ1) is 19.5. The van der Waals surface area contributed by atoms with E-state index in [-0.39, 0.29) is 18.4 Å². The summed E-state index contributed by atoms with van der Waals surface area (Å²) in [6.45, 7) is -0.179. The van der Waals surface area contributed by atoms with E-state index in [1.54, 1.807) is 37.4 Å². The van der Waals surface area contributed by atoms with Crippen LogP contribution >= 0.6 is 11.6 Å². The average molecular weight is 395 g/mol. The van der Waals surface area contributed by atoms with Crippen LogP contribution in [0.5, 0.6) is 5.75 Å². The second kappa shape index (κ2) is 9.06. The number of amides is 2. The number of hydrogen-bond donors (Lipinski definition) is 2. The molecule has 6 heteroatoms. The van der Waals surface area contributed by atoms with Crippen molar-refractivity contribution in [3.05, 3.63) is 83.4 Å². The largest absolute Gasteiger partial charge is 0.482 e. The molecule has 0 aliphatic heterocycles. The molecule has 0 aliphatic carbocycles. The van der Waals surface area contributed by atoms with Gasteiger partial charge in [-0.1, -0.05) is 48.0 Å². The van der Waals surface area contributed by atoms with Crippen LogP contribution in [0.2, 0.25) is 5.02 Å². The zero-order chi connectivity index (χ0) is 19.9. The van der Waals surface area contributed by atoms with Crippen molar-refractivity contribution in [1.82, 2.24) is 5.32 Å². The van der Waals surface area contributed by atoms with E-state index in [0.717, 1.165) is 11.1 Å². The lowest BCUT2D eigenvalue weighted by atomic mass is 10.1. The van der Waals surface area contributed by atoms with Crippen LogP contribution in [0.4, 0.5) is 5.69 Å². The van der Waals surface area contributed by atoms with Crippen LogP contribution in [0.3, 0.4) is 0 Å². The molecule has 0 heterocycles. The molecule has 0 spiro atoms. The van der Waals surface area contributed by atoms with E-state index in [2.05, 4.69) is 10.6 Å². The molecule has 0 atom stereocenters. The second-order valence-corrected chi connectivity index (χ2v) is 6.41. The van der Waals surface area contributed by atoms with E-state index in [1.165, 1.54) is 0 Å². The number of rotatable bonds is 6. The Morgan fingerprint density at radius 3 is 2.29 bits per heavy atom. The quantitative estimate of drug-likeness (QED) is 0.651. The molecule has 0 saturated carbocycles. The highest BCUT2D eigenvalue weighted by atomic mass is 35.5. The summed E-state index contributed by atoms with van der Waals surface area (Å²) in [5, 5.41) is 5.69.